The number of fused-ring (bicyclic) bond motifs is 8. The lowest BCUT2D eigenvalue weighted by atomic mass is 9.89. The van der Waals surface area contributed by atoms with Gasteiger partial charge in [-0.1, -0.05) is 0 Å². The minimum Gasteiger partial charge on any atom is -0.379 e. The molecule has 4 amide bonds. The van der Waals surface area contributed by atoms with Gasteiger partial charge in [0.2, 0.25) is 0 Å². The third kappa shape index (κ3) is 18.9. The number of anilines is 4. The molecule has 8 N–H and O–H groups in total. The second-order valence-electron chi connectivity index (χ2n) is 38.1. The molecular formula is C104H124N28O16. The molecule has 4 aliphatic heterocycles. The normalized spacial score (nSPS) is 23.8. The van der Waals surface area contributed by atoms with Crippen molar-refractivity contribution in [2.75, 3.05) is 159 Å². The van der Waals surface area contributed by atoms with Gasteiger partial charge in [-0.2, -0.15) is 38.5 Å². The molecule has 0 bridgehead atoms. The number of nitrogens with one attached hydrogen (secondary N) is 8. The summed E-state index contributed by atoms with van der Waals surface area (Å²) in [7, 11) is 20.9. The van der Waals surface area contributed by atoms with Crippen LogP contribution in [0, 0.1) is 0 Å². The summed E-state index contributed by atoms with van der Waals surface area (Å²) >= 11 is 0. The Morgan fingerprint density at radius 2 is 0.507 bits per heavy atom. The zero-order chi connectivity index (χ0) is 102. The highest BCUT2D eigenvalue weighted by atomic mass is 16.5. The monoisotopic (exact) mass is 2020 g/mol. The predicted octanol–water partition coefficient (Wildman–Crippen LogP) is 10.7. The van der Waals surface area contributed by atoms with Gasteiger partial charge in [0.05, 0.1) is 147 Å². The molecular weight excluding hydrogens is 1900 g/mol. The van der Waals surface area contributed by atoms with Crippen molar-refractivity contribution in [1.29, 1.82) is 0 Å². The topological polar surface area (TPSA) is 467 Å². The number of hydrogen-bond acceptors (Lipinski definition) is 32. The Morgan fingerprint density at radius 1 is 0.291 bits per heavy atom. The maximum Gasteiger partial charge on any atom is 0.257 e. The fourth-order valence-electron chi connectivity index (χ4n) is 21.5. The van der Waals surface area contributed by atoms with Crippen LogP contribution in [0.3, 0.4) is 0 Å². The summed E-state index contributed by atoms with van der Waals surface area (Å²) < 4.78 is 82.7. The number of pyridine rings is 4. The summed E-state index contributed by atoms with van der Waals surface area (Å²) in [6.45, 7) is 4.82. The van der Waals surface area contributed by atoms with Crippen molar-refractivity contribution in [3.8, 4) is 45.0 Å². The lowest BCUT2D eigenvalue weighted by Crippen LogP contribution is -2.51. The number of ether oxygens (including phenoxy) is 12. The molecule has 44 nitrogen and oxygen atoms in total. The van der Waals surface area contributed by atoms with Crippen molar-refractivity contribution < 1.29 is 76.0 Å². The Hall–Kier alpha value is -14.2. The number of methoxy groups -OCH3 is 8. The maximum absolute atomic E-state index is 13.2. The van der Waals surface area contributed by atoms with E-state index >= 15 is 0 Å². The number of carbonyl (C=O) groups is 4. The van der Waals surface area contributed by atoms with Crippen molar-refractivity contribution in [1.82, 2.24) is 118 Å². The van der Waals surface area contributed by atoms with E-state index in [2.05, 4.69) is 106 Å². The van der Waals surface area contributed by atoms with Crippen molar-refractivity contribution in [3.63, 3.8) is 0 Å². The van der Waals surface area contributed by atoms with E-state index in [0.717, 1.165) is 189 Å². The second kappa shape index (κ2) is 43.7. The van der Waals surface area contributed by atoms with Gasteiger partial charge in [-0.15, -0.1) is 0 Å². The third-order valence-electron chi connectivity index (χ3n) is 30.4. The highest BCUT2D eigenvalue weighted by Crippen LogP contribution is 2.43. The van der Waals surface area contributed by atoms with Crippen LogP contribution in [0.25, 0.3) is 112 Å². The molecule has 0 spiro atoms. The van der Waals surface area contributed by atoms with Crippen molar-refractivity contribution in [3.05, 3.63) is 169 Å². The number of nitrogens with zero attached hydrogens (tertiary/aromatic N) is 20. The van der Waals surface area contributed by atoms with Crippen molar-refractivity contribution in [2.24, 2.45) is 0 Å². The molecule has 1 unspecified atom stereocenters. The maximum atomic E-state index is 13.2. The summed E-state index contributed by atoms with van der Waals surface area (Å²) in [6.07, 6.45) is 32.3. The van der Waals surface area contributed by atoms with Crippen LogP contribution in [0.15, 0.2) is 147 Å². The second-order valence-corrected chi connectivity index (χ2v) is 38.1. The van der Waals surface area contributed by atoms with Crippen LogP contribution in [0.2, 0.25) is 0 Å². The van der Waals surface area contributed by atoms with Crippen LogP contribution in [-0.4, -0.2) is 331 Å². The largest absolute Gasteiger partial charge is 0.379 e. The fourth-order valence-corrected chi connectivity index (χ4v) is 21.5. The molecule has 4 saturated carbocycles. The first-order valence-electron chi connectivity index (χ1n) is 50.4. The zero-order valence-corrected chi connectivity index (χ0v) is 84.7. The molecule has 4 aliphatic carbocycles. The molecule has 16 atom stereocenters. The summed E-state index contributed by atoms with van der Waals surface area (Å²) in [5.41, 5.74) is 13.7. The van der Waals surface area contributed by atoms with Gasteiger partial charge in [-0.3, -0.25) is 19.2 Å². The molecule has 20 heterocycles. The van der Waals surface area contributed by atoms with Gasteiger partial charge in [-0.05, 0) is 126 Å². The summed E-state index contributed by atoms with van der Waals surface area (Å²) in [5, 5.41) is 46.8. The van der Waals surface area contributed by atoms with E-state index in [9.17, 15) is 19.2 Å². The molecule has 16 aromatic rings. The van der Waals surface area contributed by atoms with E-state index in [-0.39, 0.29) is 121 Å². The lowest BCUT2D eigenvalue weighted by molar-refractivity contribution is -0.0592. The first kappa shape index (κ1) is 99.8. The lowest BCUT2D eigenvalue weighted by Gasteiger charge is -2.35. The first-order valence-corrected chi connectivity index (χ1v) is 50.4. The van der Waals surface area contributed by atoms with Crippen LogP contribution in [0.1, 0.15) is 143 Å². The highest BCUT2D eigenvalue weighted by molar-refractivity contribution is 6.05. The Balaban J connectivity index is 0.000000116. The molecule has 44 heteroatoms. The average Bonchev–Trinajstić information content (AvgIpc) is 1.61. The van der Waals surface area contributed by atoms with Crippen LogP contribution in [-0.2, 0) is 56.8 Å². The summed E-state index contributed by atoms with van der Waals surface area (Å²) in [6, 6.07) is 24.0. The molecule has 16 aromatic heterocycles. The highest BCUT2D eigenvalue weighted by Gasteiger charge is 2.41. The van der Waals surface area contributed by atoms with Gasteiger partial charge in [0.25, 0.3) is 23.6 Å². The molecule has 148 heavy (non-hydrogen) atoms. The van der Waals surface area contributed by atoms with E-state index in [1.807, 2.05) is 101 Å². The van der Waals surface area contributed by atoms with Gasteiger partial charge in [0.15, 0.2) is 22.6 Å². The van der Waals surface area contributed by atoms with Gasteiger partial charge in [0.1, 0.15) is 92.5 Å². The van der Waals surface area contributed by atoms with Crippen molar-refractivity contribution >= 4 is 114 Å². The smallest absolute Gasteiger partial charge is 0.257 e. The zero-order valence-electron chi connectivity index (χ0n) is 84.7. The van der Waals surface area contributed by atoms with Crippen molar-refractivity contribution in [2.45, 2.75) is 174 Å². The van der Waals surface area contributed by atoms with E-state index < -0.39 is 0 Å². The third-order valence-corrected chi connectivity index (χ3v) is 30.4. The number of aromatic nitrogens is 20. The molecule has 24 rings (SSSR count). The van der Waals surface area contributed by atoms with Gasteiger partial charge in [-0.25, -0.2) is 39.9 Å². The summed E-state index contributed by atoms with van der Waals surface area (Å²) in [4.78, 5) is 91.4. The standard InChI is InChI=1S/4C26H31N7O4/c4*1-27-23-11-19(30-25-16(12-29-33(23)25)26(34)31-18-6-7-21(18)35-2)17-13-32(24-15(17)5-4-9-28-24)20-8-10-37-14-22(20)36-3/h4*4-5,9,11-13,18,20-22,27H,6-8,10,14H2,1-3H3,(H,31,34)/t18?,20-,21-,22+;18-,20+,21-,22+;18-,20+,21-,22-;18-,20-,21-,22+/m0110/s1. The predicted molar refractivity (Wildman–Crippen MR) is 551 cm³/mol. The average molecular weight is 2020 g/mol. The Kier molecular flexibility index (Phi) is 29.5. The molecule has 0 radical (unpaired) electrons. The Bertz CT molecular complexity index is 6650. The van der Waals surface area contributed by atoms with E-state index in [1.165, 1.54) is 0 Å². The molecule has 8 fully saturated rings. The Morgan fingerprint density at radius 3 is 0.696 bits per heavy atom. The number of carbonyl (C=O) groups excluding carboxylic acids is 4. The van der Waals surface area contributed by atoms with Gasteiger partial charge < -0.3 is 118 Å². The van der Waals surface area contributed by atoms with Gasteiger partial charge in [0, 0.05) is 229 Å². The molecule has 776 valence electrons. The van der Waals surface area contributed by atoms with E-state index in [1.54, 1.807) is 125 Å². The van der Waals surface area contributed by atoms with Gasteiger partial charge >= 0.3 is 0 Å². The van der Waals surface area contributed by atoms with E-state index in [4.69, 9.17) is 96.7 Å². The summed E-state index contributed by atoms with van der Waals surface area (Å²) in [5.74, 6) is 2.08. The van der Waals surface area contributed by atoms with Crippen LogP contribution in [0.4, 0.5) is 23.3 Å². The number of amides is 4. The Labute approximate surface area is 851 Å². The quantitative estimate of drug-likeness (QED) is 0.0226. The first-order chi connectivity index (χ1) is 72.5. The molecule has 0 aromatic carbocycles. The number of hydrogen-bond donors (Lipinski definition) is 8. The molecule has 4 saturated heterocycles. The van der Waals surface area contributed by atoms with E-state index in [0.29, 0.717) is 97.7 Å². The number of rotatable bonds is 28. The minimum atomic E-state index is -0.206. The minimum absolute atomic E-state index is 0.00310. The SMILES string of the molecule is CNc1cc(-c2cn([C@H]3CCOC[C@@H]3OC)c3ncccc23)nc2c(C(=O)N[C@@H]3CC[C@H]3OC)cnn12.CNc1cc(-c2cn([C@H]3CCOC[C@H]3OC)c3ncccc23)nc2c(C(=O)NC3CC[C@@H]3OC)cnn12.CNc1cc(-c2cn([C@H]3CCOC[C@H]3OC)c3ncccc23)nc2c(C(=O)N[C@@H]3CC[C@H]3OC)cnn12.CNc1cc(-c2cn([C@H]3CCOC[C@H]3OC)c3ncccc23)nc2c(C(=O)N[C@H]3CC[C@@H]3OC)cnn12. The fraction of sp³-hybridized carbons (Fsp3) is 0.462. The molecule has 8 aliphatic rings. The van der Waals surface area contributed by atoms with Crippen LogP contribution < -0.4 is 42.5 Å². The van der Waals surface area contributed by atoms with Crippen LogP contribution >= 0.6 is 0 Å². The van der Waals surface area contributed by atoms with Crippen LogP contribution in [0.5, 0.6) is 0 Å².